The molecule has 9 nitrogen and oxygen atoms in total. The minimum Gasteiger partial charge on any atom is -0.385 e. The summed E-state index contributed by atoms with van der Waals surface area (Å²) in [5.74, 6) is -0.181. The van der Waals surface area contributed by atoms with Crippen LogP contribution in [-0.4, -0.2) is 65.4 Å². The van der Waals surface area contributed by atoms with Crippen LogP contribution in [0.5, 0.6) is 5.88 Å². The molecule has 0 bridgehead atoms. The number of rotatable bonds is 8. The van der Waals surface area contributed by atoms with Crippen LogP contribution < -0.4 is 15.4 Å². The number of aromatic nitrogens is 3. The van der Waals surface area contributed by atoms with E-state index in [0.717, 1.165) is 4.68 Å². The number of morpholine rings is 1. The van der Waals surface area contributed by atoms with Crippen LogP contribution in [0.1, 0.15) is 22.3 Å². The molecule has 0 aliphatic carbocycles. The number of hydrogen-bond donors (Lipinski definition) is 1. The molecule has 3 aromatic rings. The van der Waals surface area contributed by atoms with Crippen LogP contribution in [0.4, 0.5) is 37.0 Å². The molecule has 1 saturated heterocycles. The first-order valence-corrected chi connectivity index (χ1v) is 12.7. The number of ether oxygens (including phenoxy) is 2. The van der Waals surface area contributed by atoms with Gasteiger partial charge in [-0.3, -0.25) is 0 Å². The summed E-state index contributed by atoms with van der Waals surface area (Å²) in [6.07, 6.45) is -10.9. The predicted octanol–water partition coefficient (Wildman–Crippen LogP) is 5.24. The second-order valence-electron chi connectivity index (χ2n) is 9.06. The van der Waals surface area contributed by atoms with Gasteiger partial charge >= 0.3 is 18.4 Å². The van der Waals surface area contributed by atoms with E-state index in [4.69, 9.17) is 26.8 Å². The Hall–Kier alpha value is -3.27. The topological polar surface area (TPSA) is 98.7 Å². The molecular formula is C25H26Cl2F6N6O3. The molecule has 2 heterocycles. The normalized spacial score (nSPS) is 14.0. The molecule has 42 heavy (non-hydrogen) atoms. The SMILES string of the molecule is Cl.NCCN(Cc1ccccc1Cl)C(=O)Oc1nnn(Cc2cc(C(F)(F)F)cc(C(F)(F)F)c2)c1N1CCOCC1. The maximum atomic E-state index is 13.4. The van der Waals surface area contributed by atoms with E-state index in [2.05, 4.69) is 10.3 Å². The zero-order chi connectivity index (χ0) is 29.8. The van der Waals surface area contributed by atoms with Crippen molar-refractivity contribution in [3.63, 3.8) is 0 Å². The van der Waals surface area contributed by atoms with E-state index in [0.29, 0.717) is 22.7 Å². The molecule has 17 heteroatoms. The summed E-state index contributed by atoms with van der Waals surface area (Å²) in [5.41, 5.74) is 3.06. The molecule has 0 saturated carbocycles. The van der Waals surface area contributed by atoms with Gasteiger partial charge in [0, 0.05) is 31.2 Å². The van der Waals surface area contributed by atoms with E-state index in [1.807, 2.05) is 0 Å². The van der Waals surface area contributed by atoms with Gasteiger partial charge in [-0.25, -0.2) is 9.48 Å². The molecule has 0 atom stereocenters. The summed E-state index contributed by atoms with van der Waals surface area (Å²) in [5, 5.41) is 8.22. The Morgan fingerprint density at radius 2 is 1.67 bits per heavy atom. The molecule has 0 spiro atoms. The molecule has 4 rings (SSSR count). The van der Waals surface area contributed by atoms with Gasteiger partial charge in [-0.2, -0.15) is 26.3 Å². The first-order chi connectivity index (χ1) is 19.4. The second-order valence-corrected chi connectivity index (χ2v) is 9.47. The van der Waals surface area contributed by atoms with Crippen molar-refractivity contribution < 1.29 is 40.6 Å². The Kier molecular flexibility index (Phi) is 10.9. The standard InChI is InChI=1S/C25H25ClF6N6O3.ClH/c26-20-4-2-1-3-17(20)15-37(6-5-33)23(39)41-21-22(36-7-9-40-10-8-36)38(35-34-21)14-16-11-18(24(27,28)29)13-19(12-16)25(30,31)32;/h1-4,11-13H,5-10,14-15,33H2;1H. The van der Waals surface area contributed by atoms with Crippen molar-refractivity contribution >= 4 is 35.9 Å². The molecule has 1 amide bonds. The Morgan fingerprint density at radius 1 is 1.05 bits per heavy atom. The number of nitrogens with zero attached hydrogens (tertiary/aromatic N) is 5. The number of nitrogens with two attached hydrogens (primary N) is 1. The molecule has 230 valence electrons. The smallest absolute Gasteiger partial charge is 0.385 e. The summed E-state index contributed by atoms with van der Waals surface area (Å²) >= 11 is 6.22. The van der Waals surface area contributed by atoms with Crippen LogP contribution in [-0.2, 0) is 30.2 Å². The predicted molar refractivity (Wildman–Crippen MR) is 143 cm³/mol. The summed E-state index contributed by atoms with van der Waals surface area (Å²) in [6, 6.07) is 8.12. The minimum absolute atomic E-state index is 0. The maximum absolute atomic E-state index is 13.4. The van der Waals surface area contributed by atoms with Gasteiger partial charge in [-0.05, 0) is 35.4 Å². The fourth-order valence-electron chi connectivity index (χ4n) is 4.19. The zero-order valence-corrected chi connectivity index (χ0v) is 23.4. The molecule has 2 aromatic carbocycles. The van der Waals surface area contributed by atoms with E-state index in [1.165, 1.54) is 4.90 Å². The van der Waals surface area contributed by atoms with E-state index in [9.17, 15) is 31.1 Å². The monoisotopic (exact) mass is 642 g/mol. The van der Waals surface area contributed by atoms with Gasteiger partial charge in [0.25, 0.3) is 5.88 Å². The largest absolute Gasteiger partial charge is 0.417 e. The van der Waals surface area contributed by atoms with Crippen LogP contribution >= 0.6 is 24.0 Å². The van der Waals surface area contributed by atoms with E-state index < -0.39 is 36.1 Å². The fraction of sp³-hybridized carbons (Fsp3) is 0.400. The van der Waals surface area contributed by atoms with Crippen molar-refractivity contribution in [1.82, 2.24) is 19.9 Å². The van der Waals surface area contributed by atoms with Crippen molar-refractivity contribution in [1.29, 1.82) is 0 Å². The van der Waals surface area contributed by atoms with Gasteiger partial charge in [-0.1, -0.05) is 40.1 Å². The van der Waals surface area contributed by atoms with Crippen LogP contribution in [0, 0.1) is 0 Å². The van der Waals surface area contributed by atoms with Gasteiger partial charge in [0.2, 0.25) is 0 Å². The van der Waals surface area contributed by atoms with Crippen molar-refractivity contribution in [3.05, 3.63) is 69.7 Å². The molecule has 0 unspecified atom stereocenters. The Morgan fingerprint density at radius 3 is 2.24 bits per heavy atom. The highest BCUT2D eigenvalue weighted by Gasteiger charge is 2.37. The lowest BCUT2D eigenvalue weighted by Gasteiger charge is -2.29. The summed E-state index contributed by atoms with van der Waals surface area (Å²) < 4.78 is 92.4. The van der Waals surface area contributed by atoms with Crippen LogP contribution in [0.15, 0.2) is 42.5 Å². The highest BCUT2D eigenvalue weighted by Crippen LogP contribution is 2.37. The molecular weight excluding hydrogens is 617 g/mol. The quantitative estimate of drug-likeness (QED) is 0.336. The average molecular weight is 643 g/mol. The van der Waals surface area contributed by atoms with Crippen LogP contribution in [0.25, 0.3) is 0 Å². The Bertz CT molecular complexity index is 1330. The minimum atomic E-state index is -5.01. The Balaban J connectivity index is 0.00000484. The number of alkyl halides is 6. The van der Waals surface area contributed by atoms with Crippen molar-refractivity contribution in [2.75, 3.05) is 44.3 Å². The van der Waals surface area contributed by atoms with E-state index >= 15 is 0 Å². The Labute approximate surface area is 247 Å². The van der Waals surface area contributed by atoms with Crippen molar-refractivity contribution in [2.45, 2.75) is 25.4 Å². The van der Waals surface area contributed by atoms with E-state index in [1.54, 1.807) is 29.2 Å². The third kappa shape index (κ3) is 8.18. The summed E-state index contributed by atoms with van der Waals surface area (Å²) in [4.78, 5) is 16.1. The number of carbonyl (C=O) groups excluding carboxylic acids is 1. The van der Waals surface area contributed by atoms with E-state index in [-0.39, 0.29) is 81.7 Å². The number of carbonyl (C=O) groups is 1. The van der Waals surface area contributed by atoms with Crippen molar-refractivity contribution in [3.8, 4) is 5.88 Å². The highest BCUT2D eigenvalue weighted by molar-refractivity contribution is 6.31. The molecule has 0 radical (unpaired) electrons. The van der Waals surface area contributed by atoms with Crippen molar-refractivity contribution in [2.24, 2.45) is 5.73 Å². The van der Waals surface area contributed by atoms with Gasteiger partial charge in [0.1, 0.15) is 0 Å². The molecule has 1 aromatic heterocycles. The maximum Gasteiger partial charge on any atom is 0.417 e. The first-order valence-electron chi connectivity index (χ1n) is 12.3. The van der Waals surface area contributed by atoms with Gasteiger partial charge in [-0.15, -0.1) is 12.4 Å². The van der Waals surface area contributed by atoms with Crippen LogP contribution in [0.2, 0.25) is 5.02 Å². The number of amides is 1. The lowest BCUT2D eigenvalue weighted by atomic mass is 10.0. The lowest BCUT2D eigenvalue weighted by molar-refractivity contribution is -0.143. The summed E-state index contributed by atoms with van der Waals surface area (Å²) in [6.45, 7) is 0.825. The lowest BCUT2D eigenvalue weighted by Crippen LogP contribution is -2.39. The van der Waals surface area contributed by atoms with Gasteiger partial charge < -0.3 is 25.0 Å². The van der Waals surface area contributed by atoms with Gasteiger partial charge in [0.15, 0.2) is 5.82 Å². The molecule has 2 N–H and O–H groups in total. The number of hydrogen-bond acceptors (Lipinski definition) is 7. The van der Waals surface area contributed by atoms with Gasteiger partial charge in [0.05, 0.1) is 37.4 Å². The average Bonchev–Trinajstić information content (AvgIpc) is 3.30. The molecule has 1 aliphatic heterocycles. The summed E-state index contributed by atoms with van der Waals surface area (Å²) in [7, 11) is 0. The number of benzene rings is 2. The second kappa shape index (κ2) is 13.8. The third-order valence-electron chi connectivity index (χ3n) is 6.13. The molecule has 1 aliphatic rings. The number of anilines is 1. The van der Waals surface area contributed by atoms with Crippen LogP contribution in [0.3, 0.4) is 0 Å². The zero-order valence-electron chi connectivity index (χ0n) is 21.8. The molecule has 1 fully saturated rings. The number of halogens is 8. The highest BCUT2D eigenvalue weighted by atomic mass is 35.5. The fourth-order valence-corrected chi connectivity index (χ4v) is 4.39. The third-order valence-corrected chi connectivity index (χ3v) is 6.50. The first kappa shape index (κ1) is 33.2.